The molecule has 1 unspecified atom stereocenters. The highest BCUT2D eigenvalue weighted by molar-refractivity contribution is 5.95. The van der Waals surface area contributed by atoms with Crippen LogP contribution in [0.2, 0.25) is 0 Å². The number of aliphatic hydroxyl groups is 1. The largest absolute Gasteiger partial charge is 0.394 e. The molecule has 0 aromatic carbocycles. The highest BCUT2D eigenvalue weighted by atomic mass is 16.5. The van der Waals surface area contributed by atoms with Gasteiger partial charge < -0.3 is 20.5 Å². The third kappa shape index (κ3) is 3.17. The minimum absolute atomic E-state index is 0.0525. The van der Waals surface area contributed by atoms with Gasteiger partial charge in [-0.25, -0.2) is 0 Å². The summed E-state index contributed by atoms with van der Waals surface area (Å²) in [7, 11) is 0. The van der Waals surface area contributed by atoms with Crippen molar-refractivity contribution in [3.8, 4) is 0 Å². The van der Waals surface area contributed by atoms with Crippen LogP contribution in [-0.4, -0.2) is 64.6 Å². The van der Waals surface area contributed by atoms with Gasteiger partial charge in [0, 0.05) is 25.3 Å². The van der Waals surface area contributed by atoms with Gasteiger partial charge in [-0.1, -0.05) is 0 Å². The Labute approximate surface area is 118 Å². The van der Waals surface area contributed by atoms with Crippen molar-refractivity contribution < 1.29 is 14.6 Å². The summed E-state index contributed by atoms with van der Waals surface area (Å²) in [5.41, 5.74) is 6.96. The molecule has 2 heterocycles. The second-order valence-electron chi connectivity index (χ2n) is 4.94. The maximum Gasteiger partial charge on any atom is 0.257 e. The molecule has 0 aliphatic carbocycles. The van der Waals surface area contributed by atoms with Crippen molar-refractivity contribution in [3.05, 3.63) is 17.5 Å². The second kappa shape index (κ2) is 6.83. The first-order chi connectivity index (χ1) is 9.67. The van der Waals surface area contributed by atoms with Gasteiger partial charge >= 0.3 is 0 Å². The second-order valence-corrected chi connectivity index (χ2v) is 4.94. The normalized spacial score (nSPS) is 19.4. The lowest BCUT2D eigenvalue weighted by molar-refractivity contribution is -0.0447. The van der Waals surface area contributed by atoms with Gasteiger partial charge in [0.2, 0.25) is 0 Å². The molecular weight excluding hydrogens is 260 g/mol. The number of hydrogen-bond donors (Lipinski definition) is 2. The number of morpholine rings is 1. The van der Waals surface area contributed by atoms with Gasteiger partial charge in [-0.3, -0.25) is 9.48 Å². The number of aliphatic hydroxyl groups excluding tert-OH is 1. The molecule has 0 spiro atoms. The molecule has 1 saturated heterocycles. The molecule has 7 heteroatoms. The lowest BCUT2D eigenvalue weighted by Crippen LogP contribution is -2.47. The SMILES string of the molecule is Cc1c(C(=O)N2CCOC(CO)C2)cnn1CCCN. The van der Waals surface area contributed by atoms with Gasteiger partial charge in [-0.2, -0.15) is 5.10 Å². The smallest absolute Gasteiger partial charge is 0.257 e. The molecule has 7 nitrogen and oxygen atoms in total. The highest BCUT2D eigenvalue weighted by Crippen LogP contribution is 2.14. The zero-order valence-corrected chi connectivity index (χ0v) is 11.8. The predicted molar refractivity (Wildman–Crippen MR) is 73.4 cm³/mol. The fraction of sp³-hybridized carbons (Fsp3) is 0.692. The van der Waals surface area contributed by atoms with Crippen molar-refractivity contribution in [2.75, 3.05) is 32.8 Å². The summed E-state index contributed by atoms with van der Waals surface area (Å²) in [5, 5.41) is 13.4. The van der Waals surface area contributed by atoms with Crippen LogP contribution in [-0.2, 0) is 11.3 Å². The first-order valence-electron chi connectivity index (χ1n) is 6.91. The molecule has 1 aliphatic rings. The Morgan fingerprint density at radius 3 is 3.15 bits per heavy atom. The van der Waals surface area contributed by atoms with E-state index in [4.69, 9.17) is 15.6 Å². The molecule has 1 amide bonds. The molecule has 1 aromatic rings. The lowest BCUT2D eigenvalue weighted by atomic mass is 10.2. The first kappa shape index (κ1) is 15.0. The van der Waals surface area contributed by atoms with Crippen LogP contribution >= 0.6 is 0 Å². The Hall–Kier alpha value is -1.44. The van der Waals surface area contributed by atoms with Crippen LogP contribution in [0.5, 0.6) is 0 Å². The van der Waals surface area contributed by atoms with Crippen molar-refractivity contribution in [2.24, 2.45) is 5.73 Å². The van der Waals surface area contributed by atoms with E-state index in [2.05, 4.69) is 5.10 Å². The van der Waals surface area contributed by atoms with Gasteiger partial charge in [0.05, 0.1) is 31.1 Å². The highest BCUT2D eigenvalue weighted by Gasteiger charge is 2.26. The van der Waals surface area contributed by atoms with Crippen molar-refractivity contribution in [1.29, 1.82) is 0 Å². The summed E-state index contributed by atoms with van der Waals surface area (Å²) < 4.78 is 7.16. The minimum Gasteiger partial charge on any atom is -0.394 e. The fourth-order valence-electron chi connectivity index (χ4n) is 2.31. The molecule has 112 valence electrons. The van der Waals surface area contributed by atoms with E-state index in [0.29, 0.717) is 31.8 Å². The molecule has 1 atom stereocenters. The summed E-state index contributed by atoms with van der Waals surface area (Å²) in [6.45, 7) is 4.56. The number of hydrogen-bond acceptors (Lipinski definition) is 5. The zero-order chi connectivity index (χ0) is 14.5. The molecule has 0 saturated carbocycles. The molecule has 3 N–H and O–H groups in total. The van der Waals surface area contributed by atoms with Crippen molar-refractivity contribution >= 4 is 5.91 Å². The molecule has 2 rings (SSSR count). The van der Waals surface area contributed by atoms with E-state index >= 15 is 0 Å². The van der Waals surface area contributed by atoms with Crippen LogP contribution in [0.25, 0.3) is 0 Å². The van der Waals surface area contributed by atoms with E-state index in [1.807, 2.05) is 11.6 Å². The first-order valence-corrected chi connectivity index (χ1v) is 6.91. The molecule has 0 radical (unpaired) electrons. The summed E-state index contributed by atoms with van der Waals surface area (Å²) in [6.07, 6.45) is 2.15. The average molecular weight is 282 g/mol. The van der Waals surface area contributed by atoms with Crippen molar-refractivity contribution in [3.63, 3.8) is 0 Å². The summed E-state index contributed by atoms with van der Waals surface area (Å²) >= 11 is 0. The topological polar surface area (TPSA) is 93.6 Å². The van der Waals surface area contributed by atoms with Crippen LogP contribution in [0.1, 0.15) is 22.5 Å². The van der Waals surface area contributed by atoms with E-state index < -0.39 is 0 Å². The fourth-order valence-corrected chi connectivity index (χ4v) is 2.31. The number of ether oxygens (including phenoxy) is 1. The quantitative estimate of drug-likeness (QED) is 0.750. The minimum atomic E-state index is -0.291. The Bertz CT molecular complexity index is 460. The number of carbonyl (C=O) groups excluding carboxylic acids is 1. The van der Waals surface area contributed by atoms with Gasteiger partial charge in [-0.05, 0) is 19.9 Å². The van der Waals surface area contributed by atoms with Crippen LogP contribution in [0.4, 0.5) is 0 Å². The number of nitrogens with two attached hydrogens (primary N) is 1. The van der Waals surface area contributed by atoms with Crippen molar-refractivity contribution in [1.82, 2.24) is 14.7 Å². The van der Waals surface area contributed by atoms with Gasteiger partial charge in [0.15, 0.2) is 0 Å². The third-order valence-electron chi connectivity index (χ3n) is 3.54. The van der Waals surface area contributed by atoms with Crippen molar-refractivity contribution in [2.45, 2.75) is 26.0 Å². The zero-order valence-electron chi connectivity index (χ0n) is 11.8. The maximum absolute atomic E-state index is 12.5. The van der Waals surface area contributed by atoms with Gasteiger partial charge in [0.25, 0.3) is 5.91 Å². The number of nitrogens with zero attached hydrogens (tertiary/aromatic N) is 3. The Kier molecular flexibility index (Phi) is 5.11. The lowest BCUT2D eigenvalue weighted by Gasteiger charge is -2.32. The number of aromatic nitrogens is 2. The Balaban J connectivity index is 2.07. The van der Waals surface area contributed by atoms with E-state index in [1.165, 1.54) is 0 Å². The third-order valence-corrected chi connectivity index (χ3v) is 3.54. The summed E-state index contributed by atoms with van der Waals surface area (Å²) in [6, 6.07) is 0. The average Bonchev–Trinajstić information content (AvgIpc) is 2.85. The van der Waals surface area contributed by atoms with E-state index in [-0.39, 0.29) is 18.6 Å². The Morgan fingerprint density at radius 1 is 1.65 bits per heavy atom. The molecule has 1 aromatic heterocycles. The van der Waals surface area contributed by atoms with Crippen LogP contribution in [0, 0.1) is 6.92 Å². The molecule has 0 bridgehead atoms. The summed E-state index contributed by atoms with van der Waals surface area (Å²) in [5.74, 6) is -0.0525. The molecular formula is C13H22N4O3. The molecule has 20 heavy (non-hydrogen) atoms. The number of carbonyl (C=O) groups is 1. The van der Waals surface area contributed by atoms with E-state index in [0.717, 1.165) is 18.7 Å². The molecule has 1 aliphatic heterocycles. The number of amides is 1. The predicted octanol–water partition coefficient (Wildman–Crippen LogP) is -0.626. The van der Waals surface area contributed by atoms with Crippen LogP contribution in [0.15, 0.2) is 6.20 Å². The monoisotopic (exact) mass is 282 g/mol. The number of aryl methyl sites for hydroxylation is 1. The van der Waals surface area contributed by atoms with E-state index in [9.17, 15) is 4.79 Å². The van der Waals surface area contributed by atoms with Gasteiger partial charge in [-0.15, -0.1) is 0 Å². The maximum atomic E-state index is 12.5. The Morgan fingerprint density at radius 2 is 2.45 bits per heavy atom. The van der Waals surface area contributed by atoms with Crippen LogP contribution in [0.3, 0.4) is 0 Å². The number of rotatable bonds is 5. The van der Waals surface area contributed by atoms with Crippen LogP contribution < -0.4 is 5.73 Å². The van der Waals surface area contributed by atoms with Gasteiger partial charge in [0.1, 0.15) is 0 Å². The molecule has 1 fully saturated rings. The standard InChI is InChI=1S/C13H22N4O3/c1-10-12(7-15-17(10)4-2-3-14)13(19)16-5-6-20-11(8-16)9-18/h7,11,18H,2-6,8-9,14H2,1H3. The van der Waals surface area contributed by atoms with E-state index in [1.54, 1.807) is 11.1 Å². The summed E-state index contributed by atoms with van der Waals surface area (Å²) in [4.78, 5) is 14.2.